The lowest BCUT2D eigenvalue weighted by atomic mass is 10.2. The summed E-state index contributed by atoms with van der Waals surface area (Å²) < 4.78 is 5.99. The highest BCUT2D eigenvalue weighted by Crippen LogP contribution is 2.25. The highest BCUT2D eigenvalue weighted by Gasteiger charge is 2.12. The van der Waals surface area contributed by atoms with Gasteiger partial charge in [0.25, 0.3) is 5.91 Å². The summed E-state index contributed by atoms with van der Waals surface area (Å²) in [6.07, 6.45) is 1.63. The minimum absolute atomic E-state index is 0.234. The van der Waals surface area contributed by atoms with Crippen LogP contribution in [0.4, 0.5) is 11.5 Å². The van der Waals surface area contributed by atoms with Crippen LogP contribution >= 0.6 is 15.9 Å². The third kappa shape index (κ3) is 3.27. The molecule has 2 aromatic rings. The number of amides is 1. The van der Waals surface area contributed by atoms with Crippen molar-refractivity contribution >= 4 is 33.3 Å². The van der Waals surface area contributed by atoms with E-state index < -0.39 is 0 Å². The summed E-state index contributed by atoms with van der Waals surface area (Å²) >= 11 is 3.37. The first-order valence-corrected chi connectivity index (χ1v) is 6.72. The van der Waals surface area contributed by atoms with Crippen LogP contribution < -0.4 is 15.4 Å². The van der Waals surface area contributed by atoms with Gasteiger partial charge in [-0.2, -0.15) is 0 Å². The molecule has 20 heavy (non-hydrogen) atoms. The minimum Gasteiger partial charge on any atom is -0.497 e. The zero-order chi connectivity index (χ0) is 14.5. The molecule has 0 aliphatic heterocycles. The number of nitrogens with one attached hydrogen (secondary N) is 2. The molecular formula is C14H14BrN3O2. The van der Waals surface area contributed by atoms with Gasteiger partial charge in [0, 0.05) is 29.5 Å². The molecule has 1 aromatic heterocycles. The molecule has 2 N–H and O–H groups in total. The molecule has 0 unspecified atom stereocenters. The quantitative estimate of drug-likeness (QED) is 0.900. The Morgan fingerprint density at radius 1 is 1.35 bits per heavy atom. The smallest absolute Gasteiger partial charge is 0.259 e. The van der Waals surface area contributed by atoms with Gasteiger partial charge in [0.05, 0.1) is 12.7 Å². The number of rotatable bonds is 4. The summed E-state index contributed by atoms with van der Waals surface area (Å²) in [6.45, 7) is 0. The van der Waals surface area contributed by atoms with Crippen molar-refractivity contribution in [2.75, 3.05) is 24.8 Å². The fraction of sp³-hybridized carbons (Fsp3) is 0.143. The molecule has 0 aliphatic rings. The van der Waals surface area contributed by atoms with Crippen LogP contribution in [0.2, 0.25) is 0 Å². The Bertz CT molecular complexity index is 632. The first-order valence-electron chi connectivity index (χ1n) is 5.92. The van der Waals surface area contributed by atoms with Gasteiger partial charge in [-0.25, -0.2) is 4.98 Å². The number of hydrogen-bond donors (Lipinski definition) is 2. The Labute approximate surface area is 125 Å². The van der Waals surface area contributed by atoms with E-state index in [-0.39, 0.29) is 5.91 Å². The second-order valence-electron chi connectivity index (χ2n) is 3.98. The summed E-state index contributed by atoms with van der Waals surface area (Å²) in [7, 11) is 3.30. The van der Waals surface area contributed by atoms with Crippen LogP contribution in [0, 0.1) is 0 Å². The number of carbonyl (C=O) groups is 1. The molecule has 0 radical (unpaired) electrons. The molecule has 1 heterocycles. The van der Waals surface area contributed by atoms with E-state index in [4.69, 9.17) is 4.74 Å². The SMILES string of the molecule is CNc1ncccc1C(=O)Nc1cc(Br)cc(OC)c1. The molecule has 0 saturated heterocycles. The van der Waals surface area contributed by atoms with Crippen molar-refractivity contribution in [3.05, 3.63) is 46.6 Å². The number of hydrogen-bond acceptors (Lipinski definition) is 4. The lowest BCUT2D eigenvalue weighted by Crippen LogP contribution is -2.14. The monoisotopic (exact) mass is 335 g/mol. The lowest BCUT2D eigenvalue weighted by Gasteiger charge is -2.10. The number of carbonyl (C=O) groups excluding carboxylic acids is 1. The fourth-order valence-electron chi connectivity index (χ4n) is 1.74. The third-order valence-electron chi connectivity index (χ3n) is 2.65. The van der Waals surface area contributed by atoms with E-state index >= 15 is 0 Å². The largest absolute Gasteiger partial charge is 0.497 e. The molecule has 1 aromatic carbocycles. The van der Waals surface area contributed by atoms with Gasteiger partial charge in [-0.1, -0.05) is 15.9 Å². The van der Waals surface area contributed by atoms with E-state index in [1.54, 1.807) is 44.6 Å². The summed E-state index contributed by atoms with van der Waals surface area (Å²) in [5.41, 5.74) is 1.13. The number of halogens is 1. The minimum atomic E-state index is -0.234. The number of benzene rings is 1. The Morgan fingerprint density at radius 2 is 2.15 bits per heavy atom. The normalized spacial score (nSPS) is 9.95. The molecule has 2 rings (SSSR count). The van der Waals surface area contributed by atoms with Crippen LogP contribution in [-0.4, -0.2) is 25.0 Å². The number of nitrogens with zero attached hydrogens (tertiary/aromatic N) is 1. The van der Waals surface area contributed by atoms with E-state index in [2.05, 4.69) is 31.5 Å². The van der Waals surface area contributed by atoms with E-state index in [9.17, 15) is 4.79 Å². The topological polar surface area (TPSA) is 63.2 Å². The van der Waals surface area contributed by atoms with Crippen molar-refractivity contribution in [1.82, 2.24) is 4.98 Å². The van der Waals surface area contributed by atoms with Crippen LogP contribution in [0.3, 0.4) is 0 Å². The first-order chi connectivity index (χ1) is 9.63. The van der Waals surface area contributed by atoms with E-state index in [1.807, 2.05) is 6.07 Å². The standard InChI is InChI=1S/C14H14BrN3O2/c1-16-13-12(4-3-5-17-13)14(19)18-10-6-9(15)7-11(8-10)20-2/h3-8H,1-2H3,(H,16,17)(H,18,19). The second-order valence-corrected chi connectivity index (χ2v) is 4.90. The predicted molar refractivity (Wildman–Crippen MR) is 82.4 cm³/mol. The molecule has 0 atom stereocenters. The zero-order valence-electron chi connectivity index (χ0n) is 11.1. The van der Waals surface area contributed by atoms with Gasteiger partial charge in [0.15, 0.2) is 0 Å². The van der Waals surface area contributed by atoms with Crippen LogP contribution in [0.1, 0.15) is 10.4 Å². The van der Waals surface area contributed by atoms with Gasteiger partial charge in [0.1, 0.15) is 11.6 Å². The molecule has 1 amide bonds. The van der Waals surface area contributed by atoms with Gasteiger partial charge in [-0.15, -0.1) is 0 Å². The van der Waals surface area contributed by atoms with Gasteiger partial charge in [0.2, 0.25) is 0 Å². The molecule has 0 spiro atoms. The van der Waals surface area contributed by atoms with Crippen molar-refractivity contribution in [3.8, 4) is 5.75 Å². The third-order valence-corrected chi connectivity index (χ3v) is 3.11. The van der Waals surface area contributed by atoms with E-state index in [0.717, 1.165) is 4.47 Å². The number of pyridine rings is 1. The molecule has 104 valence electrons. The van der Waals surface area contributed by atoms with Crippen molar-refractivity contribution in [2.45, 2.75) is 0 Å². The maximum atomic E-state index is 12.3. The van der Waals surface area contributed by atoms with E-state index in [0.29, 0.717) is 22.8 Å². The lowest BCUT2D eigenvalue weighted by molar-refractivity contribution is 0.102. The second kappa shape index (κ2) is 6.38. The maximum Gasteiger partial charge on any atom is 0.259 e. The van der Waals surface area contributed by atoms with Crippen molar-refractivity contribution in [1.29, 1.82) is 0 Å². The highest BCUT2D eigenvalue weighted by atomic mass is 79.9. The highest BCUT2D eigenvalue weighted by molar-refractivity contribution is 9.10. The summed E-state index contributed by atoms with van der Waals surface area (Å²) in [5, 5.41) is 5.71. The Hall–Kier alpha value is -2.08. The van der Waals surface area contributed by atoms with Gasteiger partial charge >= 0.3 is 0 Å². The average molecular weight is 336 g/mol. The van der Waals surface area contributed by atoms with Crippen LogP contribution in [-0.2, 0) is 0 Å². The fourth-order valence-corrected chi connectivity index (χ4v) is 2.21. The van der Waals surface area contributed by atoms with Crippen LogP contribution in [0.25, 0.3) is 0 Å². The summed E-state index contributed by atoms with van der Waals surface area (Å²) in [4.78, 5) is 16.4. The van der Waals surface area contributed by atoms with Crippen LogP contribution in [0.15, 0.2) is 41.0 Å². The summed E-state index contributed by atoms with van der Waals surface area (Å²) in [5.74, 6) is 0.962. The van der Waals surface area contributed by atoms with Crippen molar-refractivity contribution in [3.63, 3.8) is 0 Å². The number of ether oxygens (including phenoxy) is 1. The van der Waals surface area contributed by atoms with Crippen molar-refractivity contribution in [2.24, 2.45) is 0 Å². The number of methoxy groups -OCH3 is 1. The Kier molecular flexibility index (Phi) is 4.57. The molecular weight excluding hydrogens is 322 g/mol. The van der Waals surface area contributed by atoms with Gasteiger partial charge < -0.3 is 15.4 Å². The molecule has 0 aliphatic carbocycles. The summed E-state index contributed by atoms with van der Waals surface area (Å²) in [6, 6.07) is 8.80. The molecule has 6 heteroatoms. The predicted octanol–water partition coefficient (Wildman–Crippen LogP) is 3.15. The number of anilines is 2. The first kappa shape index (κ1) is 14.3. The molecule has 0 bridgehead atoms. The number of aromatic nitrogens is 1. The van der Waals surface area contributed by atoms with Crippen LogP contribution in [0.5, 0.6) is 5.75 Å². The Morgan fingerprint density at radius 3 is 2.85 bits per heavy atom. The molecule has 0 saturated carbocycles. The average Bonchev–Trinajstić information content (AvgIpc) is 2.46. The molecule has 0 fully saturated rings. The Balaban J connectivity index is 2.25. The molecule has 5 nitrogen and oxygen atoms in total. The van der Waals surface area contributed by atoms with Gasteiger partial charge in [-0.05, 0) is 24.3 Å². The van der Waals surface area contributed by atoms with Gasteiger partial charge in [-0.3, -0.25) is 4.79 Å². The zero-order valence-corrected chi connectivity index (χ0v) is 12.7. The van der Waals surface area contributed by atoms with E-state index in [1.165, 1.54) is 0 Å². The maximum absolute atomic E-state index is 12.3. The van der Waals surface area contributed by atoms with Crippen molar-refractivity contribution < 1.29 is 9.53 Å².